The summed E-state index contributed by atoms with van der Waals surface area (Å²) >= 11 is 0. The maximum absolute atomic E-state index is 10.4. The maximum atomic E-state index is 10.4. The molecule has 0 aromatic heterocycles. The van der Waals surface area contributed by atoms with E-state index in [0.717, 1.165) is 38.8 Å². The van der Waals surface area contributed by atoms with Crippen LogP contribution < -0.4 is 11.1 Å². The van der Waals surface area contributed by atoms with Crippen LogP contribution in [0.2, 0.25) is 0 Å². The fourth-order valence-electron chi connectivity index (χ4n) is 0.990. The van der Waals surface area contributed by atoms with Crippen molar-refractivity contribution in [2.45, 2.75) is 32.1 Å². The summed E-state index contributed by atoms with van der Waals surface area (Å²) in [6.45, 7) is 1.90. The Morgan fingerprint density at radius 3 is 2.62 bits per heavy atom. The molecule has 0 aliphatic carbocycles. The lowest BCUT2D eigenvalue weighted by Crippen LogP contribution is -2.17. The van der Waals surface area contributed by atoms with Gasteiger partial charge in [-0.05, 0) is 32.4 Å². The van der Waals surface area contributed by atoms with Gasteiger partial charge < -0.3 is 11.1 Å². The second-order valence-electron chi connectivity index (χ2n) is 2.98. The lowest BCUT2D eigenvalue weighted by atomic mass is 10.2. The summed E-state index contributed by atoms with van der Waals surface area (Å²) in [5.74, 6) is 2.37. The van der Waals surface area contributed by atoms with Crippen LogP contribution in [0.3, 0.4) is 0 Å². The van der Waals surface area contributed by atoms with E-state index in [4.69, 9.17) is 12.2 Å². The highest BCUT2D eigenvalue weighted by Gasteiger charge is 1.93. The van der Waals surface area contributed by atoms with Gasteiger partial charge in [0.2, 0.25) is 5.91 Å². The summed E-state index contributed by atoms with van der Waals surface area (Å²) in [6, 6.07) is 0. The van der Waals surface area contributed by atoms with Crippen LogP contribution in [0.1, 0.15) is 32.1 Å². The van der Waals surface area contributed by atoms with Gasteiger partial charge in [-0.2, -0.15) is 0 Å². The standard InChI is InChI=1S/C10H18N2O/c1-2-3-5-8-12-9-6-4-7-10(11)13/h1,12H,3-9H2,(H2,11,13). The van der Waals surface area contributed by atoms with E-state index >= 15 is 0 Å². The van der Waals surface area contributed by atoms with Crippen LogP contribution in [0.15, 0.2) is 0 Å². The van der Waals surface area contributed by atoms with Crippen molar-refractivity contribution >= 4 is 5.91 Å². The number of amides is 1. The van der Waals surface area contributed by atoms with E-state index in [1.54, 1.807) is 0 Å². The molecule has 0 aromatic rings. The zero-order valence-electron chi connectivity index (χ0n) is 8.01. The van der Waals surface area contributed by atoms with E-state index in [9.17, 15) is 4.79 Å². The van der Waals surface area contributed by atoms with Crippen molar-refractivity contribution in [1.29, 1.82) is 0 Å². The molecule has 0 spiro atoms. The average molecular weight is 182 g/mol. The Hall–Kier alpha value is -1.01. The minimum Gasteiger partial charge on any atom is -0.370 e. The molecule has 3 heteroatoms. The van der Waals surface area contributed by atoms with Crippen molar-refractivity contribution in [2.24, 2.45) is 5.73 Å². The molecule has 0 heterocycles. The van der Waals surface area contributed by atoms with Crippen LogP contribution in [0.4, 0.5) is 0 Å². The molecular weight excluding hydrogens is 164 g/mol. The fourth-order valence-corrected chi connectivity index (χ4v) is 0.990. The van der Waals surface area contributed by atoms with Gasteiger partial charge in [0.1, 0.15) is 0 Å². The number of nitrogens with one attached hydrogen (secondary N) is 1. The molecule has 0 aliphatic rings. The molecule has 0 atom stereocenters. The molecule has 0 aromatic carbocycles. The number of nitrogens with two attached hydrogens (primary N) is 1. The number of unbranched alkanes of at least 4 members (excludes halogenated alkanes) is 2. The van der Waals surface area contributed by atoms with Gasteiger partial charge in [0.15, 0.2) is 0 Å². The number of carbonyl (C=O) groups is 1. The van der Waals surface area contributed by atoms with E-state index in [1.165, 1.54) is 0 Å². The van der Waals surface area contributed by atoms with Crippen molar-refractivity contribution in [3.63, 3.8) is 0 Å². The lowest BCUT2D eigenvalue weighted by molar-refractivity contribution is -0.118. The average Bonchev–Trinajstić information content (AvgIpc) is 2.09. The molecule has 0 saturated heterocycles. The van der Waals surface area contributed by atoms with Gasteiger partial charge >= 0.3 is 0 Å². The van der Waals surface area contributed by atoms with Gasteiger partial charge in [0.25, 0.3) is 0 Å². The van der Waals surface area contributed by atoms with Crippen molar-refractivity contribution in [3.8, 4) is 12.3 Å². The molecule has 0 unspecified atom stereocenters. The van der Waals surface area contributed by atoms with Crippen LogP contribution in [-0.4, -0.2) is 19.0 Å². The predicted octanol–water partition coefficient (Wildman–Crippen LogP) is 0.645. The largest absolute Gasteiger partial charge is 0.370 e. The molecule has 0 radical (unpaired) electrons. The quantitative estimate of drug-likeness (QED) is 0.427. The van der Waals surface area contributed by atoms with E-state index < -0.39 is 0 Å². The van der Waals surface area contributed by atoms with Gasteiger partial charge in [-0.25, -0.2) is 0 Å². The molecule has 1 amide bonds. The highest BCUT2D eigenvalue weighted by Crippen LogP contribution is 1.92. The fraction of sp³-hybridized carbons (Fsp3) is 0.700. The zero-order valence-corrected chi connectivity index (χ0v) is 8.01. The summed E-state index contributed by atoms with van der Waals surface area (Å²) < 4.78 is 0. The number of hydrogen-bond donors (Lipinski definition) is 2. The molecule has 0 aliphatic heterocycles. The van der Waals surface area contributed by atoms with Crippen LogP contribution in [0.25, 0.3) is 0 Å². The van der Waals surface area contributed by atoms with Gasteiger partial charge in [0, 0.05) is 12.8 Å². The second-order valence-corrected chi connectivity index (χ2v) is 2.98. The third kappa shape index (κ3) is 11.0. The molecular formula is C10H18N2O. The van der Waals surface area contributed by atoms with E-state index in [1.807, 2.05) is 0 Å². The van der Waals surface area contributed by atoms with Crippen LogP contribution in [-0.2, 0) is 4.79 Å². The van der Waals surface area contributed by atoms with Gasteiger partial charge in [-0.3, -0.25) is 4.79 Å². The van der Waals surface area contributed by atoms with Crippen molar-refractivity contribution < 1.29 is 4.79 Å². The summed E-state index contributed by atoms with van der Waals surface area (Å²) in [5, 5.41) is 3.25. The summed E-state index contributed by atoms with van der Waals surface area (Å²) in [5.41, 5.74) is 4.99. The smallest absolute Gasteiger partial charge is 0.217 e. The first-order valence-corrected chi connectivity index (χ1v) is 4.70. The Balaban J connectivity index is 2.92. The van der Waals surface area contributed by atoms with E-state index in [0.29, 0.717) is 6.42 Å². The Kier molecular flexibility index (Phi) is 8.38. The lowest BCUT2D eigenvalue weighted by Gasteiger charge is -2.01. The normalized spacial score (nSPS) is 9.46. The molecule has 3 N–H and O–H groups in total. The molecule has 0 rings (SSSR count). The molecule has 74 valence electrons. The molecule has 0 bridgehead atoms. The summed E-state index contributed by atoms with van der Waals surface area (Å²) in [4.78, 5) is 10.4. The highest BCUT2D eigenvalue weighted by molar-refractivity contribution is 5.73. The molecule has 0 fully saturated rings. The number of terminal acetylenes is 1. The minimum atomic E-state index is -0.215. The Morgan fingerprint density at radius 1 is 1.31 bits per heavy atom. The summed E-state index contributed by atoms with van der Waals surface area (Å²) in [6.07, 6.45) is 9.31. The van der Waals surface area contributed by atoms with E-state index in [2.05, 4.69) is 11.2 Å². The third-order valence-corrected chi connectivity index (χ3v) is 1.70. The monoisotopic (exact) mass is 182 g/mol. The van der Waals surface area contributed by atoms with Gasteiger partial charge in [-0.1, -0.05) is 0 Å². The number of hydrogen-bond acceptors (Lipinski definition) is 2. The maximum Gasteiger partial charge on any atom is 0.217 e. The molecule has 3 nitrogen and oxygen atoms in total. The van der Waals surface area contributed by atoms with Gasteiger partial charge in [-0.15, -0.1) is 12.3 Å². The number of rotatable bonds is 8. The van der Waals surface area contributed by atoms with Crippen molar-refractivity contribution in [3.05, 3.63) is 0 Å². The predicted molar refractivity (Wildman–Crippen MR) is 54.0 cm³/mol. The first kappa shape index (κ1) is 12.0. The number of carbonyl (C=O) groups excluding carboxylic acids is 1. The Morgan fingerprint density at radius 2 is 2.00 bits per heavy atom. The van der Waals surface area contributed by atoms with Crippen molar-refractivity contribution in [2.75, 3.05) is 13.1 Å². The number of primary amides is 1. The second kappa shape index (κ2) is 9.08. The first-order valence-electron chi connectivity index (χ1n) is 4.70. The van der Waals surface area contributed by atoms with E-state index in [-0.39, 0.29) is 5.91 Å². The molecule has 0 saturated carbocycles. The van der Waals surface area contributed by atoms with Crippen LogP contribution in [0.5, 0.6) is 0 Å². The van der Waals surface area contributed by atoms with Gasteiger partial charge in [0.05, 0.1) is 0 Å². The molecule has 13 heavy (non-hydrogen) atoms. The summed E-state index contributed by atoms with van der Waals surface area (Å²) in [7, 11) is 0. The van der Waals surface area contributed by atoms with Crippen molar-refractivity contribution in [1.82, 2.24) is 5.32 Å². The minimum absolute atomic E-state index is 0.215. The topological polar surface area (TPSA) is 55.1 Å². The Bertz CT molecular complexity index is 172. The zero-order chi connectivity index (χ0) is 9.94. The van der Waals surface area contributed by atoms with Crippen LogP contribution in [0, 0.1) is 12.3 Å². The SMILES string of the molecule is C#CCCCNCCCCC(N)=O. The third-order valence-electron chi connectivity index (χ3n) is 1.70. The first-order chi connectivity index (χ1) is 6.27. The van der Waals surface area contributed by atoms with Crippen LogP contribution >= 0.6 is 0 Å². The highest BCUT2D eigenvalue weighted by atomic mass is 16.1. The Labute approximate surface area is 80.1 Å².